The van der Waals surface area contributed by atoms with Gasteiger partial charge in [-0.1, -0.05) is 17.4 Å². The number of aromatic nitrogens is 3. The summed E-state index contributed by atoms with van der Waals surface area (Å²) in [7, 11) is 0. The minimum Gasteiger partial charge on any atom is -0.461 e. The molecule has 0 aliphatic carbocycles. The summed E-state index contributed by atoms with van der Waals surface area (Å²) in [6.45, 7) is 3.93. The van der Waals surface area contributed by atoms with Crippen molar-refractivity contribution in [2.24, 2.45) is 0 Å². The third-order valence-corrected chi connectivity index (χ3v) is 3.94. The Bertz CT molecular complexity index is 875. The van der Waals surface area contributed by atoms with E-state index in [1.165, 1.54) is 0 Å². The van der Waals surface area contributed by atoms with Crippen LogP contribution in [0.2, 0.25) is 0 Å². The lowest BCUT2D eigenvalue weighted by Gasteiger charge is -2.00. The second-order valence-corrected chi connectivity index (χ2v) is 5.47. The summed E-state index contributed by atoms with van der Waals surface area (Å²) in [5.74, 6) is -0.542. The number of carbonyl (C=O) groups is 1. The molecule has 3 heterocycles. The summed E-state index contributed by atoms with van der Waals surface area (Å²) < 4.78 is 6.83. The Labute approximate surface area is 124 Å². The van der Waals surface area contributed by atoms with E-state index in [4.69, 9.17) is 4.74 Å². The number of esters is 1. The van der Waals surface area contributed by atoms with Crippen molar-refractivity contribution in [3.05, 3.63) is 45.5 Å². The zero-order valence-electron chi connectivity index (χ0n) is 11.5. The highest BCUT2D eigenvalue weighted by molar-refractivity contribution is 7.13. The lowest BCUT2D eigenvalue weighted by atomic mass is 10.3. The zero-order valence-corrected chi connectivity index (χ0v) is 12.4. The second-order valence-electron chi connectivity index (χ2n) is 4.49. The van der Waals surface area contributed by atoms with E-state index in [9.17, 15) is 9.59 Å². The molecule has 3 rings (SSSR count). The van der Waals surface area contributed by atoms with Crippen molar-refractivity contribution < 1.29 is 9.53 Å². The lowest BCUT2D eigenvalue weighted by molar-refractivity contribution is 0.0521. The van der Waals surface area contributed by atoms with Crippen molar-refractivity contribution in [3.8, 4) is 10.6 Å². The summed E-state index contributed by atoms with van der Waals surface area (Å²) in [5, 5.41) is 0. The highest BCUT2D eigenvalue weighted by Gasteiger charge is 2.20. The minimum atomic E-state index is -0.542. The monoisotopic (exact) mass is 303 g/mol. The van der Waals surface area contributed by atoms with Gasteiger partial charge in [-0.3, -0.25) is 4.79 Å². The summed E-state index contributed by atoms with van der Waals surface area (Å²) >= 11 is 0.955. The molecule has 0 bridgehead atoms. The molecule has 0 amide bonds. The maximum Gasteiger partial charge on any atom is 0.356 e. The molecule has 0 unspecified atom stereocenters. The molecular weight excluding hydrogens is 290 g/mol. The molecule has 0 saturated heterocycles. The number of pyridine rings is 1. The molecule has 7 heteroatoms. The van der Waals surface area contributed by atoms with Gasteiger partial charge in [0, 0.05) is 12.4 Å². The quantitative estimate of drug-likeness (QED) is 0.753. The Morgan fingerprint density at radius 1 is 1.52 bits per heavy atom. The van der Waals surface area contributed by atoms with E-state index in [0.717, 1.165) is 22.5 Å². The Kier molecular flexibility index (Phi) is 3.34. The van der Waals surface area contributed by atoms with E-state index in [1.807, 2.05) is 29.7 Å². The van der Waals surface area contributed by atoms with Crippen LogP contribution in [0.4, 0.5) is 0 Å². The van der Waals surface area contributed by atoms with Crippen molar-refractivity contribution >= 4 is 23.0 Å². The predicted molar refractivity (Wildman–Crippen MR) is 79.8 cm³/mol. The third-order valence-electron chi connectivity index (χ3n) is 3.04. The van der Waals surface area contributed by atoms with Gasteiger partial charge in [0.05, 0.1) is 11.5 Å². The number of hydrogen-bond donors (Lipinski definition) is 1. The first-order valence-electron chi connectivity index (χ1n) is 6.45. The molecule has 0 spiro atoms. The first-order valence-corrected chi connectivity index (χ1v) is 7.26. The van der Waals surface area contributed by atoms with Crippen LogP contribution in [0.1, 0.15) is 23.0 Å². The van der Waals surface area contributed by atoms with Crippen molar-refractivity contribution in [3.63, 3.8) is 0 Å². The third kappa shape index (κ3) is 2.36. The largest absolute Gasteiger partial charge is 0.461 e. The van der Waals surface area contributed by atoms with Crippen LogP contribution < -0.4 is 4.87 Å². The number of carbonyl (C=O) groups excluding carboxylic acids is 1. The van der Waals surface area contributed by atoms with Crippen LogP contribution in [0, 0.1) is 6.92 Å². The van der Waals surface area contributed by atoms with E-state index in [-0.39, 0.29) is 17.2 Å². The van der Waals surface area contributed by atoms with Crippen LogP contribution in [0.5, 0.6) is 0 Å². The molecule has 0 atom stereocenters. The van der Waals surface area contributed by atoms with Gasteiger partial charge in [-0.15, -0.1) is 0 Å². The number of hydrogen-bond acceptors (Lipinski definition) is 5. The number of nitrogens with zero attached hydrogens (tertiary/aromatic N) is 2. The molecule has 3 aromatic rings. The number of aromatic amines is 1. The van der Waals surface area contributed by atoms with Gasteiger partial charge in [0.15, 0.2) is 0 Å². The van der Waals surface area contributed by atoms with Gasteiger partial charge in [-0.05, 0) is 25.5 Å². The lowest BCUT2D eigenvalue weighted by Crippen LogP contribution is -2.08. The number of thiazole rings is 1. The second kappa shape index (κ2) is 5.17. The van der Waals surface area contributed by atoms with E-state index in [2.05, 4.69) is 9.97 Å². The van der Waals surface area contributed by atoms with Crippen LogP contribution in [0.25, 0.3) is 16.2 Å². The van der Waals surface area contributed by atoms with Gasteiger partial charge in [-0.25, -0.2) is 9.78 Å². The highest BCUT2D eigenvalue weighted by Crippen LogP contribution is 2.26. The number of nitrogens with one attached hydrogen (secondary N) is 1. The first kappa shape index (κ1) is 13.6. The molecule has 0 fully saturated rings. The molecule has 1 N–H and O–H groups in total. The standard InChI is InChI=1S/C14H13N3O3S/c1-3-20-13(18)10-11(21-14(19)16-10)9-7-17-6-4-5-8(2)12(17)15-9/h4-7H,3H2,1-2H3,(H,16,19). The fourth-order valence-corrected chi connectivity index (χ4v) is 2.90. The van der Waals surface area contributed by atoms with Crippen LogP contribution in [0.3, 0.4) is 0 Å². The average molecular weight is 303 g/mol. The molecule has 3 aromatic heterocycles. The zero-order chi connectivity index (χ0) is 15.0. The number of fused-ring (bicyclic) bond motifs is 1. The van der Waals surface area contributed by atoms with Gasteiger partial charge in [-0.2, -0.15) is 0 Å². The van der Waals surface area contributed by atoms with Crippen molar-refractivity contribution in [2.45, 2.75) is 13.8 Å². The summed E-state index contributed by atoms with van der Waals surface area (Å²) in [6, 6.07) is 3.87. The van der Waals surface area contributed by atoms with Gasteiger partial charge in [0.25, 0.3) is 0 Å². The van der Waals surface area contributed by atoms with E-state index in [0.29, 0.717) is 10.6 Å². The van der Waals surface area contributed by atoms with E-state index >= 15 is 0 Å². The van der Waals surface area contributed by atoms with Crippen molar-refractivity contribution in [2.75, 3.05) is 6.61 Å². The van der Waals surface area contributed by atoms with Crippen LogP contribution in [-0.2, 0) is 4.74 Å². The van der Waals surface area contributed by atoms with E-state index in [1.54, 1.807) is 13.1 Å². The number of imidazole rings is 1. The first-order chi connectivity index (χ1) is 10.1. The Hall–Kier alpha value is -2.41. The number of rotatable bonds is 3. The molecule has 108 valence electrons. The summed E-state index contributed by atoms with van der Waals surface area (Å²) in [5.41, 5.74) is 2.55. The molecule has 21 heavy (non-hydrogen) atoms. The number of ether oxygens (including phenoxy) is 1. The molecule has 0 aliphatic heterocycles. The van der Waals surface area contributed by atoms with Crippen LogP contribution in [-0.4, -0.2) is 26.9 Å². The molecule has 0 radical (unpaired) electrons. The maximum absolute atomic E-state index is 11.9. The number of aryl methyl sites for hydroxylation is 1. The Morgan fingerprint density at radius 2 is 2.33 bits per heavy atom. The fraction of sp³-hybridized carbons (Fsp3) is 0.214. The van der Waals surface area contributed by atoms with Crippen LogP contribution in [0.15, 0.2) is 29.3 Å². The van der Waals surface area contributed by atoms with Gasteiger partial charge in [0.2, 0.25) is 0 Å². The Balaban J connectivity index is 2.16. The van der Waals surface area contributed by atoms with Gasteiger partial charge >= 0.3 is 10.8 Å². The van der Waals surface area contributed by atoms with Gasteiger partial charge in [0.1, 0.15) is 17.0 Å². The maximum atomic E-state index is 11.9. The summed E-state index contributed by atoms with van der Waals surface area (Å²) in [6.07, 6.45) is 3.67. The Morgan fingerprint density at radius 3 is 3.05 bits per heavy atom. The van der Waals surface area contributed by atoms with Crippen molar-refractivity contribution in [1.29, 1.82) is 0 Å². The molecule has 0 saturated carbocycles. The predicted octanol–water partition coefficient (Wildman–Crippen LogP) is 2.24. The van der Waals surface area contributed by atoms with Crippen LogP contribution >= 0.6 is 11.3 Å². The van der Waals surface area contributed by atoms with Gasteiger partial charge < -0.3 is 14.1 Å². The fourth-order valence-electron chi connectivity index (χ4n) is 2.12. The molecular formula is C14H13N3O3S. The average Bonchev–Trinajstić information content (AvgIpc) is 3.03. The highest BCUT2D eigenvalue weighted by atomic mass is 32.1. The smallest absolute Gasteiger partial charge is 0.356 e. The normalized spacial score (nSPS) is 11.0. The molecule has 0 aliphatic rings. The minimum absolute atomic E-state index is 0.160. The topological polar surface area (TPSA) is 76.5 Å². The summed E-state index contributed by atoms with van der Waals surface area (Å²) in [4.78, 5) is 30.7. The van der Waals surface area contributed by atoms with E-state index < -0.39 is 5.97 Å². The molecule has 6 nitrogen and oxygen atoms in total. The number of H-pyrrole nitrogens is 1. The SMILES string of the molecule is CCOC(=O)c1[nH]c(=O)sc1-c1cn2cccc(C)c2n1. The van der Waals surface area contributed by atoms with Crippen molar-refractivity contribution in [1.82, 2.24) is 14.4 Å². The molecule has 0 aromatic carbocycles.